The second-order valence-corrected chi connectivity index (χ2v) is 5.68. The van der Waals surface area contributed by atoms with Crippen LogP contribution < -0.4 is 5.46 Å². The summed E-state index contributed by atoms with van der Waals surface area (Å²) in [5.74, 6) is 0. The lowest BCUT2D eigenvalue weighted by Gasteiger charge is -2.19. The fourth-order valence-electron chi connectivity index (χ4n) is 1.97. The van der Waals surface area contributed by atoms with Crippen LogP contribution in [-0.4, -0.2) is 12.5 Å². The molecule has 0 saturated carbocycles. The molecule has 18 heavy (non-hydrogen) atoms. The van der Waals surface area contributed by atoms with E-state index in [1.807, 2.05) is 12.1 Å². The van der Waals surface area contributed by atoms with Crippen molar-refractivity contribution in [3.63, 3.8) is 0 Å². The lowest BCUT2D eigenvalue weighted by atomic mass is 9.85. The molecule has 0 amide bonds. The van der Waals surface area contributed by atoms with Crippen LogP contribution in [0.2, 0.25) is 0 Å². The molecule has 0 saturated heterocycles. The normalized spacial score (nSPS) is 11.3. The highest BCUT2D eigenvalue weighted by atomic mass is 16.2. The SMILES string of the molecule is CC(C)(C)c1ccc(-c2ccc(BO)cc2)cc1. The van der Waals surface area contributed by atoms with Crippen molar-refractivity contribution < 1.29 is 5.02 Å². The zero-order valence-corrected chi connectivity index (χ0v) is 11.3. The molecule has 0 aromatic heterocycles. The highest BCUT2D eigenvalue weighted by Gasteiger charge is 2.12. The molecule has 2 heteroatoms. The summed E-state index contributed by atoms with van der Waals surface area (Å²) in [5, 5.41) is 9.02. The molecular formula is C16H19BO. The largest absolute Gasteiger partial charge is 0.449 e. The molecule has 0 fully saturated rings. The Morgan fingerprint density at radius 1 is 0.778 bits per heavy atom. The minimum absolute atomic E-state index is 0.100. The zero-order chi connectivity index (χ0) is 13.2. The van der Waals surface area contributed by atoms with Gasteiger partial charge >= 0.3 is 7.48 Å². The van der Waals surface area contributed by atoms with Crippen LogP contribution in [0.3, 0.4) is 0 Å². The van der Waals surface area contributed by atoms with E-state index in [1.165, 1.54) is 16.7 Å². The van der Waals surface area contributed by atoms with Crippen molar-refractivity contribution in [3.8, 4) is 11.1 Å². The molecule has 0 bridgehead atoms. The van der Waals surface area contributed by atoms with E-state index in [-0.39, 0.29) is 12.9 Å². The Hall–Kier alpha value is -1.54. The molecule has 2 rings (SSSR count). The Morgan fingerprint density at radius 3 is 1.61 bits per heavy atom. The van der Waals surface area contributed by atoms with E-state index in [0.29, 0.717) is 0 Å². The van der Waals surface area contributed by atoms with Crippen LogP contribution in [0.1, 0.15) is 26.3 Å². The summed E-state index contributed by atoms with van der Waals surface area (Å²) < 4.78 is 0. The summed E-state index contributed by atoms with van der Waals surface area (Å²) >= 11 is 0. The minimum atomic E-state index is 0.100. The molecule has 1 nitrogen and oxygen atoms in total. The molecule has 0 radical (unpaired) electrons. The van der Waals surface area contributed by atoms with Gasteiger partial charge in [-0.15, -0.1) is 0 Å². The summed E-state index contributed by atoms with van der Waals surface area (Å²) in [7, 11) is 0.100. The predicted molar refractivity (Wildman–Crippen MR) is 79.6 cm³/mol. The van der Waals surface area contributed by atoms with Crippen LogP contribution in [0.25, 0.3) is 11.1 Å². The van der Waals surface area contributed by atoms with Crippen LogP contribution in [-0.2, 0) is 5.41 Å². The van der Waals surface area contributed by atoms with Crippen LogP contribution >= 0.6 is 0 Å². The van der Waals surface area contributed by atoms with Crippen molar-refractivity contribution in [2.75, 3.05) is 0 Å². The fourth-order valence-corrected chi connectivity index (χ4v) is 1.97. The molecular weight excluding hydrogens is 219 g/mol. The van der Waals surface area contributed by atoms with Gasteiger partial charge in [-0.2, -0.15) is 0 Å². The highest BCUT2D eigenvalue weighted by Crippen LogP contribution is 2.25. The van der Waals surface area contributed by atoms with Gasteiger partial charge in [0.2, 0.25) is 0 Å². The van der Waals surface area contributed by atoms with E-state index in [1.54, 1.807) is 0 Å². The first-order valence-corrected chi connectivity index (χ1v) is 6.31. The van der Waals surface area contributed by atoms with E-state index in [9.17, 15) is 0 Å². The molecule has 0 spiro atoms. The van der Waals surface area contributed by atoms with Gasteiger partial charge in [0.25, 0.3) is 0 Å². The molecule has 0 unspecified atom stereocenters. The monoisotopic (exact) mass is 238 g/mol. The van der Waals surface area contributed by atoms with Crippen molar-refractivity contribution in [3.05, 3.63) is 54.1 Å². The van der Waals surface area contributed by atoms with Crippen molar-refractivity contribution in [2.24, 2.45) is 0 Å². The molecule has 0 aliphatic carbocycles. The third kappa shape index (κ3) is 2.83. The van der Waals surface area contributed by atoms with E-state index in [4.69, 9.17) is 5.02 Å². The average molecular weight is 238 g/mol. The number of benzene rings is 2. The first kappa shape index (κ1) is 12.9. The first-order valence-electron chi connectivity index (χ1n) is 6.31. The minimum Gasteiger partial charge on any atom is -0.449 e. The van der Waals surface area contributed by atoms with Crippen LogP contribution in [0, 0.1) is 0 Å². The smallest absolute Gasteiger partial charge is 0.304 e. The zero-order valence-electron chi connectivity index (χ0n) is 11.3. The van der Waals surface area contributed by atoms with Gasteiger partial charge in [-0.1, -0.05) is 74.8 Å². The maximum absolute atomic E-state index is 9.02. The predicted octanol–water partition coefficient (Wildman–Crippen LogP) is 2.62. The fraction of sp³-hybridized carbons (Fsp3) is 0.250. The number of hydrogen-bond acceptors (Lipinski definition) is 1. The van der Waals surface area contributed by atoms with Gasteiger partial charge in [-0.25, -0.2) is 0 Å². The van der Waals surface area contributed by atoms with Crippen molar-refractivity contribution in [1.82, 2.24) is 0 Å². The molecule has 0 aliphatic rings. The Kier molecular flexibility index (Phi) is 3.58. The van der Waals surface area contributed by atoms with Gasteiger partial charge in [-0.3, -0.25) is 0 Å². The standard InChI is InChI=1S/C16H19BO/c1-16(2,3)14-8-4-12(5-9-14)13-6-10-15(17-18)11-7-13/h4-11,17-18H,1-3H3. The number of hydrogen-bond donors (Lipinski definition) is 1. The van der Waals surface area contributed by atoms with E-state index in [0.717, 1.165) is 5.46 Å². The van der Waals surface area contributed by atoms with Gasteiger partial charge in [0, 0.05) is 0 Å². The lowest BCUT2D eigenvalue weighted by Crippen LogP contribution is -2.12. The molecule has 0 aliphatic heterocycles. The third-order valence-electron chi connectivity index (χ3n) is 3.22. The second-order valence-electron chi connectivity index (χ2n) is 5.68. The van der Waals surface area contributed by atoms with E-state index >= 15 is 0 Å². The van der Waals surface area contributed by atoms with Gasteiger partial charge in [0.1, 0.15) is 0 Å². The average Bonchev–Trinajstić information content (AvgIpc) is 2.38. The Labute approximate surface area is 110 Å². The summed E-state index contributed by atoms with van der Waals surface area (Å²) in [6, 6.07) is 16.7. The first-order chi connectivity index (χ1) is 8.50. The van der Waals surface area contributed by atoms with Gasteiger partial charge in [-0.05, 0) is 22.1 Å². The molecule has 2 aromatic carbocycles. The topological polar surface area (TPSA) is 20.2 Å². The number of rotatable bonds is 2. The summed E-state index contributed by atoms with van der Waals surface area (Å²) in [5.41, 5.74) is 4.89. The summed E-state index contributed by atoms with van der Waals surface area (Å²) in [6.07, 6.45) is 0. The van der Waals surface area contributed by atoms with E-state index < -0.39 is 0 Å². The third-order valence-corrected chi connectivity index (χ3v) is 3.22. The Bertz CT molecular complexity index is 506. The molecule has 0 atom stereocenters. The van der Waals surface area contributed by atoms with E-state index in [2.05, 4.69) is 57.2 Å². The van der Waals surface area contributed by atoms with Gasteiger partial charge in [0.15, 0.2) is 0 Å². The van der Waals surface area contributed by atoms with Crippen LogP contribution in [0.4, 0.5) is 0 Å². The summed E-state index contributed by atoms with van der Waals surface area (Å²) in [4.78, 5) is 0. The maximum atomic E-state index is 9.02. The second kappa shape index (κ2) is 4.99. The lowest BCUT2D eigenvalue weighted by molar-refractivity contribution is 0.590. The van der Waals surface area contributed by atoms with Crippen LogP contribution in [0.5, 0.6) is 0 Å². The maximum Gasteiger partial charge on any atom is 0.304 e. The molecule has 92 valence electrons. The quantitative estimate of drug-likeness (QED) is 0.797. The molecule has 0 heterocycles. The molecule has 1 N–H and O–H groups in total. The summed E-state index contributed by atoms with van der Waals surface area (Å²) in [6.45, 7) is 6.66. The van der Waals surface area contributed by atoms with Crippen molar-refractivity contribution in [2.45, 2.75) is 26.2 Å². The van der Waals surface area contributed by atoms with Crippen molar-refractivity contribution in [1.29, 1.82) is 0 Å². The van der Waals surface area contributed by atoms with Crippen molar-refractivity contribution >= 4 is 12.9 Å². The Morgan fingerprint density at radius 2 is 1.22 bits per heavy atom. The van der Waals surface area contributed by atoms with Gasteiger partial charge in [0.05, 0.1) is 0 Å². The van der Waals surface area contributed by atoms with Gasteiger partial charge < -0.3 is 5.02 Å². The van der Waals surface area contributed by atoms with Crippen LogP contribution in [0.15, 0.2) is 48.5 Å². The Balaban J connectivity index is 2.28. The highest BCUT2D eigenvalue weighted by molar-refractivity contribution is 6.45. The molecule has 2 aromatic rings.